The molecule has 6 rings (SSSR count). The van der Waals surface area contributed by atoms with Gasteiger partial charge in [-0.15, -0.1) is 0 Å². The fourth-order valence-corrected chi connectivity index (χ4v) is 7.24. The zero-order chi connectivity index (χ0) is 38.0. The van der Waals surface area contributed by atoms with Crippen molar-refractivity contribution in [2.45, 2.75) is 25.4 Å². The Morgan fingerprint density at radius 1 is 0.604 bits per heavy atom. The van der Waals surface area contributed by atoms with Crippen molar-refractivity contribution < 1.29 is 63.5 Å². The van der Waals surface area contributed by atoms with Crippen molar-refractivity contribution in [1.29, 1.82) is 0 Å². The lowest BCUT2D eigenvalue weighted by molar-refractivity contribution is -0.142. The first-order valence-electron chi connectivity index (χ1n) is 17.0. The molecule has 2 saturated heterocycles. The van der Waals surface area contributed by atoms with Crippen LogP contribution in [-0.2, 0) is 38.3 Å². The van der Waals surface area contributed by atoms with Gasteiger partial charge in [-0.3, -0.25) is 9.59 Å². The van der Waals surface area contributed by atoms with Crippen LogP contribution in [0.3, 0.4) is 0 Å². The van der Waals surface area contributed by atoms with Gasteiger partial charge in [0.25, 0.3) is 0 Å². The number of hydrogen-bond donors (Lipinski definition) is 5. The Labute approximate surface area is 305 Å². The lowest BCUT2D eigenvalue weighted by atomic mass is 9.82. The molecule has 13 heteroatoms. The lowest BCUT2D eigenvalue weighted by Crippen LogP contribution is -2.24. The number of phenols is 4. The molecular weight excluding hydrogens is 688 g/mol. The Morgan fingerprint density at radius 2 is 1.09 bits per heavy atom. The zero-order valence-electron chi connectivity index (χ0n) is 29.7. The number of esters is 2. The molecule has 0 unspecified atom stereocenters. The molecule has 0 aliphatic carbocycles. The van der Waals surface area contributed by atoms with Crippen LogP contribution in [0.4, 0.5) is 0 Å². The molecule has 2 fully saturated rings. The molecule has 280 valence electrons. The highest BCUT2D eigenvalue weighted by atomic mass is 16.5. The van der Waals surface area contributed by atoms with E-state index >= 15 is 0 Å². The van der Waals surface area contributed by atoms with Gasteiger partial charge in [-0.05, 0) is 90.0 Å². The monoisotopic (exact) mass is 730 g/mol. The predicted molar refractivity (Wildman–Crippen MR) is 190 cm³/mol. The Kier molecular flexibility index (Phi) is 10.8. The maximum Gasteiger partial charge on any atom is 0.309 e. The van der Waals surface area contributed by atoms with Crippen molar-refractivity contribution in [3.05, 3.63) is 82.9 Å². The van der Waals surface area contributed by atoms with E-state index in [9.17, 15) is 35.1 Å². The molecule has 2 aliphatic rings. The quantitative estimate of drug-likeness (QED) is 0.118. The van der Waals surface area contributed by atoms with Gasteiger partial charge in [0.2, 0.25) is 0 Å². The fraction of sp³-hybridized carbons (Fsp3) is 0.350. The highest BCUT2D eigenvalue weighted by molar-refractivity contribution is 5.82. The normalized spacial score (nSPS) is 20.1. The molecule has 4 aromatic rings. The van der Waals surface area contributed by atoms with Crippen LogP contribution in [0.1, 0.15) is 28.4 Å². The van der Waals surface area contributed by atoms with Crippen molar-refractivity contribution >= 4 is 11.9 Å². The molecule has 2 aliphatic heterocycles. The van der Waals surface area contributed by atoms with Crippen LogP contribution >= 0.6 is 0 Å². The van der Waals surface area contributed by atoms with Gasteiger partial charge in [-0.1, -0.05) is 12.1 Å². The number of aliphatic hydroxyl groups is 1. The Bertz CT molecular complexity index is 2010. The summed E-state index contributed by atoms with van der Waals surface area (Å²) in [5.41, 5.74) is 2.76. The fourth-order valence-electron chi connectivity index (χ4n) is 7.24. The third-order valence-corrected chi connectivity index (χ3v) is 10.2. The largest absolute Gasteiger partial charge is 0.504 e. The first-order chi connectivity index (χ1) is 25.5. The molecule has 0 saturated carbocycles. The van der Waals surface area contributed by atoms with Crippen molar-refractivity contribution in [2.75, 3.05) is 41.7 Å². The van der Waals surface area contributed by atoms with Crippen molar-refractivity contribution in [1.82, 2.24) is 0 Å². The third kappa shape index (κ3) is 7.43. The molecule has 5 atom stereocenters. The SMILES string of the molecule is COc1cc(C[C@H]2C(=O)OC[C@@H]2Cc2cc(OC)c(O)c(-c3cc([C@@H](O)[C@H]4COC(=O)[C@@H]4Cc4ccc(O)c(OC)c4)cc(OC)c3O)c2)ccc1O. The molecule has 13 nitrogen and oxygen atoms in total. The maximum absolute atomic E-state index is 12.9. The predicted octanol–water partition coefficient (Wildman–Crippen LogP) is 4.85. The summed E-state index contributed by atoms with van der Waals surface area (Å²) in [4.78, 5) is 25.8. The first-order valence-corrected chi connectivity index (χ1v) is 17.0. The zero-order valence-corrected chi connectivity index (χ0v) is 29.7. The number of benzene rings is 4. The number of ether oxygens (including phenoxy) is 6. The van der Waals surface area contributed by atoms with Crippen LogP contribution in [0.25, 0.3) is 11.1 Å². The second-order valence-corrected chi connectivity index (χ2v) is 13.3. The molecule has 0 amide bonds. The van der Waals surface area contributed by atoms with Crippen LogP contribution in [0.2, 0.25) is 0 Å². The minimum atomic E-state index is -1.26. The molecule has 0 bridgehead atoms. The number of carbonyl (C=O) groups excluding carboxylic acids is 2. The number of hydrogen-bond acceptors (Lipinski definition) is 13. The van der Waals surface area contributed by atoms with E-state index in [1.165, 1.54) is 52.7 Å². The van der Waals surface area contributed by atoms with E-state index in [-0.39, 0.29) is 82.9 Å². The number of carbonyl (C=O) groups is 2. The Hall–Kier alpha value is -5.82. The average molecular weight is 731 g/mol. The first kappa shape index (κ1) is 37.0. The lowest BCUT2D eigenvalue weighted by Gasteiger charge is -2.24. The van der Waals surface area contributed by atoms with Crippen molar-refractivity contribution in [2.24, 2.45) is 23.7 Å². The van der Waals surface area contributed by atoms with Gasteiger partial charge in [-0.25, -0.2) is 0 Å². The highest BCUT2D eigenvalue weighted by Crippen LogP contribution is 2.48. The summed E-state index contributed by atoms with van der Waals surface area (Å²) in [5, 5.41) is 54.6. The Morgan fingerprint density at radius 3 is 1.68 bits per heavy atom. The van der Waals surface area contributed by atoms with E-state index in [1.807, 2.05) is 0 Å². The third-order valence-electron chi connectivity index (χ3n) is 10.2. The minimum absolute atomic E-state index is 0.0120. The van der Waals surface area contributed by atoms with E-state index in [1.54, 1.807) is 36.4 Å². The summed E-state index contributed by atoms with van der Waals surface area (Å²) in [5.74, 6) is -3.00. The molecule has 4 aromatic carbocycles. The van der Waals surface area contributed by atoms with Gasteiger partial charge in [0, 0.05) is 23.0 Å². The Balaban J connectivity index is 1.31. The van der Waals surface area contributed by atoms with Crippen molar-refractivity contribution in [3.8, 4) is 57.1 Å². The van der Waals surface area contributed by atoms with Gasteiger partial charge < -0.3 is 54.0 Å². The summed E-state index contributed by atoms with van der Waals surface area (Å²) in [6.45, 7) is 0.103. The number of phenolic OH excluding ortho intramolecular Hbond substituents is 4. The number of rotatable bonds is 13. The molecular formula is C40H42O13. The van der Waals surface area contributed by atoms with Crippen LogP contribution in [-0.4, -0.2) is 79.1 Å². The van der Waals surface area contributed by atoms with Crippen LogP contribution in [0.5, 0.6) is 46.0 Å². The number of aliphatic hydroxyl groups excluding tert-OH is 1. The molecule has 2 heterocycles. The molecule has 0 radical (unpaired) electrons. The second-order valence-electron chi connectivity index (χ2n) is 13.3. The average Bonchev–Trinajstić information content (AvgIpc) is 3.69. The summed E-state index contributed by atoms with van der Waals surface area (Å²) in [6.07, 6.45) is -0.365. The summed E-state index contributed by atoms with van der Waals surface area (Å²) in [7, 11) is 5.62. The molecule has 53 heavy (non-hydrogen) atoms. The van der Waals surface area contributed by atoms with E-state index in [0.717, 1.165) is 5.56 Å². The standard InChI is InChI=1S/C40H42O13/c1-48-32-13-20(5-7-30(32)41)10-25-24(18-52-39(25)46)9-22-12-26(37(44)34(15-22)50-3)27-16-23(17-35(51-4)38(27)45)36(43)29-19-53-40(47)28(29)11-21-6-8-31(42)33(14-21)49-2/h5-8,12-17,24-25,28-29,36,41-45H,9-11,18-19H2,1-4H3/t24-,25+,28+,29-,36+/m0/s1. The summed E-state index contributed by atoms with van der Waals surface area (Å²) in [6, 6.07) is 16.0. The second kappa shape index (κ2) is 15.4. The van der Waals surface area contributed by atoms with Gasteiger partial charge in [0.1, 0.15) is 0 Å². The van der Waals surface area contributed by atoms with Gasteiger partial charge in [0.15, 0.2) is 46.0 Å². The van der Waals surface area contributed by atoms with E-state index in [0.29, 0.717) is 35.3 Å². The van der Waals surface area contributed by atoms with Gasteiger partial charge >= 0.3 is 11.9 Å². The molecule has 5 N–H and O–H groups in total. The van der Waals surface area contributed by atoms with Crippen LogP contribution in [0.15, 0.2) is 60.7 Å². The van der Waals surface area contributed by atoms with Crippen LogP contribution in [0, 0.1) is 23.7 Å². The van der Waals surface area contributed by atoms with E-state index < -0.39 is 29.8 Å². The minimum Gasteiger partial charge on any atom is -0.504 e. The summed E-state index contributed by atoms with van der Waals surface area (Å²) >= 11 is 0. The maximum atomic E-state index is 12.9. The number of aromatic hydroxyl groups is 4. The van der Waals surface area contributed by atoms with E-state index in [4.69, 9.17) is 28.4 Å². The highest BCUT2D eigenvalue weighted by Gasteiger charge is 2.42. The topological polar surface area (TPSA) is 191 Å². The number of methoxy groups -OCH3 is 4. The van der Waals surface area contributed by atoms with E-state index in [2.05, 4.69) is 0 Å². The number of cyclic esters (lactones) is 2. The smallest absolute Gasteiger partial charge is 0.309 e. The van der Waals surface area contributed by atoms with Gasteiger partial charge in [-0.2, -0.15) is 0 Å². The summed E-state index contributed by atoms with van der Waals surface area (Å²) < 4.78 is 32.3. The van der Waals surface area contributed by atoms with Crippen LogP contribution < -0.4 is 18.9 Å². The molecule has 0 spiro atoms. The van der Waals surface area contributed by atoms with Gasteiger partial charge in [0.05, 0.1) is 59.6 Å². The van der Waals surface area contributed by atoms with Crippen molar-refractivity contribution in [3.63, 3.8) is 0 Å². The molecule has 0 aromatic heterocycles.